The van der Waals surface area contributed by atoms with Gasteiger partial charge in [-0.3, -0.25) is 4.68 Å². The molecule has 0 amide bonds. The molecular weight excluding hydrogens is 371 g/mol. The molecule has 1 atom stereocenters. The van der Waals surface area contributed by atoms with E-state index >= 15 is 0 Å². The fourth-order valence-electron chi connectivity index (χ4n) is 3.14. The molecule has 0 unspecified atom stereocenters. The molecule has 4 rings (SSSR count). The van der Waals surface area contributed by atoms with E-state index < -0.39 is 7.82 Å². The van der Waals surface area contributed by atoms with Gasteiger partial charge >= 0.3 is 7.82 Å². The molecule has 0 aromatic carbocycles. The Morgan fingerprint density at radius 1 is 1.37 bits per heavy atom. The number of nitriles is 1. The van der Waals surface area contributed by atoms with E-state index in [1.807, 2.05) is 29.3 Å². The zero-order valence-electron chi connectivity index (χ0n) is 14.3. The number of phosphoric acid groups is 1. The van der Waals surface area contributed by atoms with Crippen molar-refractivity contribution >= 4 is 18.9 Å². The molecule has 4 N–H and O–H groups in total. The highest BCUT2D eigenvalue weighted by Crippen LogP contribution is 2.38. The fraction of sp³-hybridized carbons (Fsp3) is 0.375. The number of rotatable bonds is 4. The molecule has 11 heteroatoms. The second-order valence-corrected chi connectivity index (χ2v) is 7.33. The van der Waals surface area contributed by atoms with Gasteiger partial charge in [-0.15, -0.1) is 0 Å². The molecule has 0 radical (unpaired) electrons. The summed E-state index contributed by atoms with van der Waals surface area (Å²) in [4.78, 5) is 33.3. The molecule has 0 spiro atoms. The Hall–Kier alpha value is -2.57. The summed E-state index contributed by atoms with van der Waals surface area (Å²) in [5.74, 6) is 0.574. The fourth-order valence-corrected chi connectivity index (χ4v) is 3.14. The van der Waals surface area contributed by atoms with Crippen LogP contribution in [0.25, 0.3) is 22.3 Å². The van der Waals surface area contributed by atoms with Crippen LogP contribution in [0.1, 0.15) is 31.7 Å². The first kappa shape index (κ1) is 19.2. The van der Waals surface area contributed by atoms with Crippen LogP contribution in [-0.4, -0.2) is 39.4 Å². The Kier molecular flexibility index (Phi) is 5.68. The van der Waals surface area contributed by atoms with E-state index in [2.05, 4.69) is 26.1 Å². The lowest BCUT2D eigenvalue weighted by Gasteiger charge is -2.32. The van der Waals surface area contributed by atoms with Crippen LogP contribution in [0.2, 0.25) is 0 Å². The number of fused-ring (bicyclic) bond motifs is 1. The van der Waals surface area contributed by atoms with E-state index in [0.29, 0.717) is 12.3 Å². The van der Waals surface area contributed by atoms with Crippen molar-refractivity contribution in [3.63, 3.8) is 0 Å². The minimum absolute atomic E-state index is 0.177. The van der Waals surface area contributed by atoms with Gasteiger partial charge in [-0.1, -0.05) is 6.42 Å². The molecule has 1 aliphatic rings. The van der Waals surface area contributed by atoms with Crippen LogP contribution >= 0.6 is 7.82 Å². The first-order valence-corrected chi connectivity index (χ1v) is 9.91. The van der Waals surface area contributed by atoms with Gasteiger partial charge in [-0.05, 0) is 24.8 Å². The molecule has 27 heavy (non-hydrogen) atoms. The van der Waals surface area contributed by atoms with Crippen molar-refractivity contribution in [1.29, 1.82) is 5.26 Å². The Balaban J connectivity index is 0.000000376. The molecule has 0 aliphatic heterocycles. The molecule has 1 fully saturated rings. The van der Waals surface area contributed by atoms with E-state index in [1.54, 1.807) is 6.33 Å². The van der Waals surface area contributed by atoms with Gasteiger partial charge in [-0.25, -0.2) is 14.5 Å². The number of hydrogen-bond acceptors (Lipinski definition) is 5. The van der Waals surface area contributed by atoms with Crippen molar-refractivity contribution in [2.24, 2.45) is 5.92 Å². The molecule has 3 heterocycles. The van der Waals surface area contributed by atoms with Crippen molar-refractivity contribution in [1.82, 2.24) is 24.7 Å². The van der Waals surface area contributed by atoms with Gasteiger partial charge in [0.2, 0.25) is 0 Å². The summed E-state index contributed by atoms with van der Waals surface area (Å²) in [6, 6.07) is 4.45. The highest BCUT2D eigenvalue weighted by Gasteiger charge is 2.29. The average molecular weight is 390 g/mol. The van der Waals surface area contributed by atoms with Crippen LogP contribution < -0.4 is 0 Å². The lowest BCUT2D eigenvalue weighted by atomic mass is 9.79. The Labute approximate surface area is 154 Å². The van der Waals surface area contributed by atoms with Gasteiger partial charge in [0.05, 0.1) is 30.4 Å². The van der Waals surface area contributed by atoms with Gasteiger partial charge < -0.3 is 19.7 Å². The summed E-state index contributed by atoms with van der Waals surface area (Å²) in [6.07, 6.45) is 11.4. The van der Waals surface area contributed by atoms with Gasteiger partial charge in [0.15, 0.2) is 0 Å². The second-order valence-electron chi connectivity index (χ2n) is 6.31. The molecule has 1 aliphatic carbocycles. The van der Waals surface area contributed by atoms with Crippen LogP contribution in [0.5, 0.6) is 0 Å². The SMILES string of the molecule is N#CC[C@H](C1CCC1)n1cc(-c2ncnc3[nH]ccc23)cn1.O=P(O)(O)O. The zero-order chi connectivity index (χ0) is 19.4. The van der Waals surface area contributed by atoms with Crippen LogP contribution in [0.4, 0.5) is 0 Å². The Morgan fingerprint density at radius 3 is 2.74 bits per heavy atom. The molecule has 0 saturated heterocycles. The highest BCUT2D eigenvalue weighted by atomic mass is 31.2. The van der Waals surface area contributed by atoms with Gasteiger partial charge in [0.25, 0.3) is 0 Å². The quantitative estimate of drug-likeness (QED) is 0.493. The van der Waals surface area contributed by atoms with Crippen LogP contribution in [0.3, 0.4) is 0 Å². The number of aromatic nitrogens is 5. The summed E-state index contributed by atoms with van der Waals surface area (Å²) in [7, 11) is -4.64. The topological polar surface area (TPSA) is 161 Å². The molecule has 142 valence electrons. The summed E-state index contributed by atoms with van der Waals surface area (Å²) in [6.45, 7) is 0. The largest absolute Gasteiger partial charge is 0.466 e. The zero-order valence-corrected chi connectivity index (χ0v) is 15.2. The summed E-state index contributed by atoms with van der Waals surface area (Å²) in [5, 5.41) is 14.6. The third-order valence-electron chi connectivity index (χ3n) is 4.56. The van der Waals surface area contributed by atoms with Crippen LogP contribution in [-0.2, 0) is 4.57 Å². The van der Waals surface area contributed by atoms with Crippen LogP contribution in [0, 0.1) is 17.2 Å². The molecule has 10 nitrogen and oxygen atoms in total. The van der Waals surface area contributed by atoms with Crippen molar-refractivity contribution in [3.8, 4) is 17.3 Å². The summed E-state index contributed by atoms with van der Waals surface area (Å²) < 4.78 is 10.8. The van der Waals surface area contributed by atoms with Crippen molar-refractivity contribution in [3.05, 3.63) is 31.0 Å². The normalized spacial score (nSPS) is 15.5. The lowest BCUT2D eigenvalue weighted by Crippen LogP contribution is -2.25. The van der Waals surface area contributed by atoms with E-state index in [-0.39, 0.29) is 6.04 Å². The second kappa shape index (κ2) is 7.98. The number of aromatic amines is 1. The van der Waals surface area contributed by atoms with E-state index in [1.165, 1.54) is 19.3 Å². The first-order chi connectivity index (χ1) is 12.9. The monoisotopic (exact) mass is 390 g/mol. The third kappa shape index (κ3) is 4.78. The number of hydrogen-bond donors (Lipinski definition) is 4. The minimum Gasteiger partial charge on any atom is -0.346 e. The lowest BCUT2D eigenvalue weighted by molar-refractivity contribution is 0.199. The van der Waals surface area contributed by atoms with Crippen molar-refractivity contribution in [2.75, 3.05) is 0 Å². The maximum atomic E-state index is 9.09. The number of nitrogens with zero attached hydrogens (tertiary/aromatic N) is 5. The smallest absolute Gasteiger partial charge is 0.346 e. The molecule has 3 aromatic heterocycles. The average Bonchev–Trinajstić information content (AvgIpc) is 3.20. The third-order valence-corrected chi connectivity index (χ3v) is 4.56. The van der Waals surface area contributed by atoms with E-state index in [4.69, 9.17) is 24.5 Å². The maximum absolute atomic E-state index is 9.09. The van der Waals surface area contributed by atoms with Crippen LogP contribution in [0.15, 0.2) is 31.0 Å². The predicted octanol–water partition coefficient (Wildman–Crippen LogP) is 2.15. The standard InChI is InChI=1S/C16H16N6.H3O4P/c17-6-4-14(11-2-1-3-11)22-9-12(8-21-22)15-13-5-7-18-16(13)20-10-19-15;1-5(2,3)4/h5,7-11,14H,1-4H2,(H,18,19,20);(H3,1,2,3,4)/t14-;/m1./s1. The molecule has 0 bridgehead atoms. The van der Waals surface area contributed by atoms with Gasteiger partial charge in [0.1, 0.15) is 12.0 Å². The van der Waals surface area contributed by atoms with E-state index in [0.717, 1.165) is 22.3 Å². The summed E-state index contributed by atoms with van der Waals surface area (Å²) in [5.41, 5.74) is 2.67. The summed E-state index contributed by atoms with van der Waals surface area (Å²) >= 11 is 0. The van der Waals surface area contributed by atoms with Crippen molar-refractivity contribution in [2.45, 2.75) is 31.7 Å². The predicted molar refractivity (Wildman–Crippen MR) is 96.0 cm³/mol. The molecule has 1 saturated carbocycles. The van der Waals surface area contributed by atoms with Gasteiger partial charge in [-0.2, -0.15) is 10.4 Å². The highest BCUT2D eigenvalue weighted by molar-refractivity contribution is 7.45. The maximum Gasteiger partial charge on any atom is 0.466 e. The van der Waals surface area contributed by atoms with E-state index in [9.17, 15) is 0 Å². The number of nitrogens with one attached hydrogen (secondary N) is 1. The van der Waals surface area contributed by atoms with Crippen molar-refractivity contribution < 1.29 is 19.2 Å². The Morgan fingerprint density at radius 2 is 2.11 bits per heavy atom. The molecule has 3 aromatic rings. The first-order valence-electron chi connectivity index (χ1n) is 8.34. The van der Waals surface area contributed by atoms with Gasteiger partial charge in [0, 0.05) is 23.3 Å². The Bertz CT molecular complexity index is 991. The number of H-pyrrole nitrogens is 1. The molecular formula is C16H19N6O4P. The minimum atomic E-state index is -4.64.